The molecule has 1 aliphatic rings. The monoisotopic (exact) mass is 298 g/mol. The van der Waals surface area contributed by atoms with Crippen LogP contribution in [0.2, 0.25) is 0 Å². The maximum atomic E-state index is 13.4. The van der Waals surface area contributed by atoms with Gasteiger partial charge in [-0.2, -0.15) is 0 Å². The van der Waals surface area contributed by atoms with Crippen molar-refractivity contribution in [2.75, 3.05) is 33.4 Å². The molecule has 1 aliphatic heterocycles. The fraction of sp³-hybridized carbons (Fsp3) is 0.625. The van der Waals surface area contributed by atoms with E-state index in [4.69, 9.17) is 4.74 Å². The molecule has 1 aromatic carbocycles. The fourth-order valence-electron chi connectivity index (χ4n) is 2.83. The van der Waals surface area contributed by atoms with Gasteiger partial charge in [-0.1, -0.05) is 6.07 Å². The van der Waals surface area contributed by atoms with Crippen molar-refractivity contribution in [2.45, 2.75) is 31.8 Å². The van der Waals surface area contributed by atoms with Gasteiger partial charge in [0.15, 0.2) is 11.6 Å². The van der Waals surface area contributed by atoms with Crippen LogP contribution in [0.15, 0.2) is 18.2 Å². The van der Waals surface area contributed by atoms with Crippen molar-refractivity contribution in [1.82, 2.24) is 10.2 Å². The molecule has 1 saturated heterocycles. The third-order valence-corrected chi connectivity index (χ3v) is 4.17. The number of methoxy groups -OCH3 is 1. The number of halogens is 2. The highest BCUT2D eigenvalue weighted by Gasteiger charge is 2.22. The highest BCUT2D eigenvalue weighted by Crippen LogP contribution is 2.23. The molecule has 0 bridgehead atoms. The molecule has 1 aromatic rings. The van der Waals surface area contributed by atoms with Crippen molar-refractivity contribution >= 4 is 0 Å². The van der Waals surface area contributed by atoms with Gasteiger partial charge in [-0.15, -0.1) is 0 Å². The van der Waals surface area contributed by atoms with Gasteiger partial charge in [0.05, 0.1) is 6.61 Å². The van der Waals surface area contributed by atoms with Crippen LogP contribution in [-0.4, -0.2) is 44.3 Å². The molecule has 0 aliphatic carbocycles. The van der Waals surface area contributed by atoms with Crippen LogP contribution in [0, 0.1) is 11.6 Å². The predicted octanol–water partition coefficient (Wildman–Crippen LogP) is 2.73. The Morgan fingerprint density at radius 1 is 1.38 bits per heavy atom. The number of hydrogen-bond acceptors (Lipinski definition) is 3. The Morgan fingerprint density at radius 3 is 2.81 bits per heavy atom. The van der Waals surface area contributed by atoms with Gasteiger partial charge in [-0.25, -0.2) is 8.78 Å². The smallest absolute Gasteiger partial charge is 0.159 e. The summed E-state index contributed by atoms with van der Waals surface area (Å²) in [5.41, 5.74) is 0.794. The second-order valence-corrected chi connectivity index (χ2v) is 5.63. The summed E-state index contributed by atoms with van der Waals surface area (Å²) in [6.45, 7) is 5.37. The second kappa shape index (κ2) is 7.82. The van der Waals surface area contributed by atoms with E-state index in [-0.39, 0.29) is 6.04 Å². The normalized spacial score (nSPS) is 20.1. The van der Waals surface area contributed by atoms with Gasteiger partial charge >= 0.3 is 0 Å². The number of benzene rings is 1. The summed E-state index contributed by atoms with van der Waals surface area (Å²) in [5, 5.41) is 3.47. The molecule has 2 rings (SSSR count). The van der Waals surface area contributed by atoms with Crippen molar-refractivity contribution in [3.8, 4) is 0 Å². The molecule has 0 aromatic heterocycles. The van der Waals surface area contributed by atoms with E-state index in [1.165, 1.54) is 18.6 Å². The summed E-state index contributed by atoms with van der Waals surface area (Å²) in [6, 6.07) is 4.64. The highest BCUT2D eigenvalue weighted by atomic mass is 19.2. The maximum absolute atomic E-state index is 13.4. The molecule has 21 heavy (non-hydrogen) atoms. The number of nitrogens with zero attached hydrogens (tertiary/aromatic N) is 1. The molecule has 2 unspecified atom stereocenters. The van der Waals surface area contributed by atoms with E-state index in [0.29, 0.717) is 12.6 Å². The molecule has 118 valence electrons. The largest absolute Gasteiger partial charge is 0.383 e. The van der Waals surface area contributed by atoms with Gasteiger partial charge in [-0.3, -0.25) is 4.90 Å². The van der Waals surface area contributed by atoms with Crippen molar-refractivity contribution in [2.24, 2.45) is 0 Å². The van der Waals surface area contributed by atoms with Crippen molar-refractivity contribution < 1.29 is 13.5 Å². The molecule has 0 amide bonds. The molecular weight excluding hydrogens is 274 g/mol. The van der Waals surface area contributed by atoms with E-state index in [1.807, 2.05) is 6.92 Å². The molecule has 0 spiro atoms. The molecule has 3 nitrogen and oxygen atoms in total. The quantitative estimate of drug-likeness (QED) is 0.837. The van der Waals surface area contributed by atoms with E-state index in [1.54, 1.807) is 13.2 Å². The van der Waals surface area contributed by atoms with Gasteiger partial charge in [0.25, 0.3) is 0 Å². The lowest BCUT2D eigenvalue weighted by atomic mass is 10.1. The van der Waals surface area contributed by atoms with Gasteiger partial charge < -0.3 is 10.1 Å². The average Bonchev–Trinajstić information content (AvgIpc) is 2.98. The Bertz CT molecular complexity index is 450. The summed E-state index contributed by atoms with van der Waals surface area (Å²) in [5.74, 6) is -1.59. The van der Waals surface area contributed by atoms with E-state index >= 15 is 0 Å². The van der Waals surface area contributed by atoms with Crippen LogP contribution in [0.3, 0.4) is 0 Å². The van der Waals surface area contributed by atoms with Crippen LogP contribution in [0.5, 0.6) is 0 Å². The van der Waals surface area contributed by atoms with E-state index in [9.17, 15) is 8.78 Å². The Morgan fingerprint density at radius 2 is 2.19 bits per heavy atom. The zero-order valence-corrected chi connectivity index (χ0v) is 12.7. The molecule has 1 fully saturated rings. The summed E-state index contributed by atoms with van der Waals surface area (Å²) < 4.78 is 31.7. The summed E-state index contributed by atoms with van der Waals surface area (Å²) >= 11 is 0. The first kappa shape index (κ1) is 16.3. The van der Waals surface area contributed by atoms with Crippen LogP contribution >= 0.6 is 0 Å². The molecular formula is C16H24F2N2O. The molecule has 2 atom stereocenters. The van der Waals surface area contributed by atoms with Crippen LogP contribution in [-0.2, 0) is 4.74 Å². The Balaban J connectivity index is 2.07. The fourth-order valence-corrected chi connectivity index (χ4v) is 2.83. The SMILES string of the molecule is COCCN(CC1CCCN1)C(C)c1ccc(F)c(F)c1. The number of hydrogen-bond donors (Lipinski definition) is 1. The first-order valence-electron chi connectivity index (χ1n) is 7.53. The van der Waals surface area contributed by atoms with Gasteiger partial charge in [0.2, 0.25) is 0 Å². The number of nitrogens with one attached hydrogen (secondary N) is 1. The lowest BCUT2D eigenvalue weighted by Gasteiger charge is -2.31. The third kappa shape index (κ3) is 4.46. The van der Waals surface area contributed by atoms with Crippen molar-refractivity contribution in [3.63, 3.8) is 0 Å². The summed E-state index contributed by atoms with van der Waals surface area (Å²) in [4.78, 5) is 2.26. The number of ether oxygens (including phenoxy) is 1. The minimum Gasteiger partial charge on any atom is -0.383 e. The van der Waals surface area contributed by atoms with Crippen molar-refractivity contribution in [1.29, 1.82) is 0 Å². The van der Waals surface area contributed by atoms with Crippen LogP contribution in [0.4, 0.5) is 8.78 Å². The highest BCUT2D eigenvalue weighted by molar-refractivity contribution is 5.21. The minimum absolute atomic E-state index is 0.0256. The number of rotatable bonds is 7. The third-order valence-electron chi connectivity index (χ3n) is 4.17. The molecule has 1 heterocycles. The van der Waals surface area contributed by atoms with E-state index in [0.717, 1.165) is 31.6 Å². The van der Waals surface area contributed by atoms with Gasteiger partial charge in [0.1, 0.15) is 0 Å². The molecule has 5 heteroatoms. The zero-order chi connectivity index (χ0) is 15.2. The van der Waals surface area contributed by atoms with E-state index < -0.39 is 11.6 Å². The average molecular weight is 298 g/mol. The van der Waals surface area contributed by atoms with Gasteiger partial charge in [0, 0.05) is 32.3 Å². The first-order valence-corrected chi connectivity index (χ1v) is 7.53. The standard InChI is InChI=1S/C16H24F2N2O/c1-12(13-5-6-15(17)16(18)10-13)20(8-9-21-2)11-14-4-3-7-19-14/h5-6,10,12,14,19H,3-4,7-9,11H2,1-2H3. The van der Waals surface area contributed by atoms with E-state index in [2.05, 4.69) is 10.2 Å². The molecule has 0 saturated carbocycles. The lowest BCUT2D eigenvalue weighted by Crippen LogP contribution is -2.40. The Labute approximate surface area is 125 Å². The minimum atomic E-state index is -0.799. The zero-order valence-electron chi connectivity index (χ0n) is 12.7. The molecule has 0 radical (unpaired) electrons. The molecule has 1 N–H and O–H groups in total. The lowest BCUT2D eigenvalue weighted by molar-refractivity contribution is 0.117. The topological polar surface area (TPSA) is 24.5 Å². The van der Waals surface area contributed by atoms with Crippen molar-refractivity contribution in [3.05, 3.63) is 35.4 Å². The van der Waals surface area contributed by atoms with Crippen LogP contribution in [0.25, 0.3) is 0 Å². The summed E-state index contributed by atoms with van der Waals surface area (Å²) in [7, 11) is 1.67. The Hall–Kier alpha value is -1.04. The summed E-state index contributed by atoms with van der Waals surface area (Å²) in [6.07, 6.45) is 2.36. The van der Waals surface area contributed by atoms with Gasteiger partial charge in [-0.05, 0) is 44.0 Å². The predicted molar refractivity (Wildman–Crippen MR) is 79.2 cm³/mol. The van der Waals surface area contributed by atoms with Crippen LogP contribution in [0.1, 0.15) is 31.4 Å². The Kier molecular flexibility index (Phi) is 6.08. The second-order valence-electron chi connectivity index (χ2n) is 5.63. The first-order chi connectivity index (χ1) is 10.1. The maximum Gasteiger partial charge on any atom is 0.159 e. The van der Waals surface area contributed by atoms with Crippen LogP contribution < -0.4 is 5.32 Å².